The first kappa shape index (κ1) is 23.3. The quantitative estimate of drug-likeness (QED) is 0.412. The zero-order chi connectivity index (χ0) is 23.0. The highest BCUT2D eigenvalue weighted by Crippen LogP contribution is 2.21. The van der Waals surface area contributed by atoms with Crippen LogP contribution < -0.4 is 20.5 Å². The fraction of sp³-hybridized carbons (Fsp3) is 0.0909. The van der Waals surface area contributed by atoms with Crippen LogP contribution in [-0.2, 0) is 19.6 Å². The fourth-order valence-electron chi connectivity index (χ4n) is 2.57. The van der Waals surface area contributed by atoms with E-state index in [1.165, 1.54) is 36.0 Å². The van der Waals surface area contributed by atoms with Gasteiger partial charge in [-0.1, -0.05) is 18.2 Å². The summed E-state index contributed by atoms with van der Waals surface area (Å²) in [7, 11) is -3.77. The molecule has 3 aromatic carbocycles. The number of thioether (sulfide) groups is 1. The highest BCUT2D eigenvalue weighted by atomic mass is 32.2. The van der Waals surface area contributed by atoms with Gasteiger partial charge in [-0.3, -0.25) is 9.59 Å². The topological polar surface area (TPSA) is 128 Å². The fourth-order valence-corrected chi connectivity index (χ4v) is 3.78. The van der Waals surface area contributed by atoms with Crippen molar-refractivity contribution in [2.75, 3.05) is 23.0 Å². The van der Waals surface area contributed by atoms with E-state index in [0.29, 0.717) is 17.1 Å². The Morgan fingerprint density at radius 2 is 1.38 bits per heavy atom. The lowest BCUT2D eigenvalue weighted by Crippen LogP contribution is -2.20. The lowest BCUT2D eigenvalue weighted by molar-refractivity contribution is -0.118. The molecule has 2 amide bonds. The van der Waals surface area contributed by atoms with Gasteiger partial charge in [0.15, 0.2) is 6.61 Å². The highest BCUT2D eigenvalue weighted by molar-refractivity contribution is 8.00. The molecule has 0 aliphatic rings. The lowest BCUT2D eigenvalue weighted by Gasteiger charge is -2.08. The molecule has 0 aliphatic carbocycles. The number of anilines is 2. The van der Waals surface area contributed by atoms with Gasteiger partial charge in [0.05, 0.1) is 10.6 Å². The Hall–Kier alpha value is -3.34. The minimum atomic E-state index is -3.77. The molecule has 0 saturated heterocycles. The summed E-state index contributed by atoms with van der Waals surface area (Å²) < 4.78 is 27.9. The summed E-state index contributed by atoms with van der Waals surface area (Å²) in [5.41, 5.74) is 1.09. The third-order valence-electron chi connectivity index (χ3n) is 4.09. The smallest absolute Gasteiger partial charge is 0.262 e. The molecular formula is C22H21N3O5S2. The Morgan fingerprint density at radius 3 is 1.97 bits per heavy atom. The summed E-state index contributed by atoms with van der Waals surface area (Å²) in [6, 6.07) is 21.8. The Labute approximate surface area is 190 Å². The van der Waals surface area contributed by atoms with Crippen LogP contribution in [0.15, 0.2) is 88.7 Å². The van der Waals surface area contributed by atoms with E-state index < -0.39 is 10.0 Å². The Kier molecular flexibility index (Phi) is 7.87. The highest BCUT2D eigenvalue weighted by Gasteiger charge is 2.09. The number of hydrogen-bond acceptors (Lipinski definition) is 6. The SMILES string of the molecule is NS(=O)(=O)c1ccc(NC(=O)CSc2ccc(NC(=O)COc3ccccc3)cc2)cc1. The number of primary sulfonamides is 1. The summed E-state index contributed by atoms with van der Waals surface area (Å²) in [6.45, 7) is -0.0983. The van der Waals surface area contributed by atoms with Crippen LogP contribution in [0.5, 0.6) is 5.75 Å². The largest absolute Gasteiger partial charge is 0.484 e. The van der Waals surface area contributed by atoms with Crippen molar-refractivity contribution in [2.24, 2.45) is 5.14 Å². The van der Waals surface area contributed by atoms with Gasteiger partial charge >= 0.3 is 0 Å². The first-order chi connectivity index (χ1) is 15.3. The van der Waals surface area contributed by atoms with Crippen LogP contribution in [0.3, 0.4) is 0 Å². The van der Waals surface area contributed by atoms with E-state index >= 15 is 0 Å². The van der Waals surface area contributed by atoms with Gasteiger partial charge in [0.1, 0.15) is 5.75 Å². The minimum Gasteiger partial charge on any atom is -0.484 e. The number of nitrogens with two attached hydrogens (primary N) is 1. The summed E-state index contributed by atoms with van der Waals surface area (Å²) in [5, 5.41) is 10.5. The number of nitrogens with one attached hydrogen (secondary N) is 2. The first-order valence-electron chi connectivity index (χ1n) is 9.43. The molecule has 8 nitrogen and oxygen atoms in total. The van der Waals surface area contributed by atoms with Gasteiger partial charge in [-0.05, 0) is 60.7 Å². The predicted octanol–water partition coefficient (Wildman–Crippen LogP) is 3.08. The van der Waals surface area contributed by atoms with Crippen molar-refractivity contribution in [1.82, 2.24) is 0 Å². The van der Waals surface area contributed by atoms with E-state index in [4.69, 9.17) is 9.88 Å². The van der Waals surface area contributed by atoms with Crippen molar-refractivity contribution >= 4 is 45.0 Å². The van der Waals surface area contributed by atoms with Crippen molar-refractivity contribution in [1.29, 1.82) is 0 Å². The van der Waals surface area contributed by atoms with Gasteiger partial charge in [0.2, 0.25) is 15.9 Å². The molecule has 0 radical (unpaired) electrons. The molecule has 166 valence electrons. The summed E-state index contributed by atoms with van der Waals surface area (Å²) in [5.74, 6) is 0.261. The van der Waals surface area contributed by atoms with Gasteiger partial charge < -0.3 is 15.4 Å². The number of carbonyl (C=O) groups is 2. The van der Waals surface area contributed by atoms with Crippen molar-refractivity contribution in [2.45, 2.75) is 9.79 Å². The van der Waals surface area contributed by atoms with Crippen molar-refractivity contribution < 1.29 is 22.7 Å². The Morgan fingerprint density at radius 1 is 0.812 bits per heavy atom. The number of ether oxygens (including phenoxy) is 1. The molecule has 0 atom stereocenters. The molecule has 3 aromatic rings. The lowest BCUT2D eigenvalue weighted by atomic mass is 10.3. The third-order valence-corrected chi connectivity index (χ3v) is 6.03. The number of sulfonamides is 1. The average Bonchev–Trinajstić information content (AvgIpc) is 2.78. The number of rotatable bonds is 9. The van der Waals surface area contributed by atoms with E-state index in [0.717, 1.165) is 4.90 Å². The molecule has 0 bridgehead atoms. The number of hydrogen-bond donors (Lipinski definition) is 3. The van der Waals surface area contributed by atoms with Crippen molar-refractivity contribution in [3.63, 3.8) is 0 Å². The second-order valence-corrected chi connectivity index (χ2v) is 9.19. The normalized spacial score (nSPS) is 10.9. The molecule has 0 fully saturated rings. The van der Waals surface area contributed by atoms with Gasteiger partial charge in [-0.2, -0.15) is 0 Å². The predicted molar refractivity (Wildman–Crippen MR) is 124 cm³/mol. The number of carbonyl (C=O) groups excluding carboxylic acids is 2. The molecule has 0 heterocycles. The van der Waals surface area contributed by atoms with E-state index in [1.807, 2.05) is 18.2 Å². The molecule has 4 N–H and O–H groups in total. The molecule has 0 spiro atoms. The average molecular weight is 472 g/mol. The van der Waals surface area contributed by atoms with E-state index in [9.17, 15) is 18.0 Å². The number of benzene rings is 3. The first-order valence-corrected chi connectivity index (χ1v) is 12.0. The van der Waals surface area contributed by atoms with Crippen LogP contribution in [0, 0.1) is 0 Å². The van der Waals surface area contributed by atoms with Crippen LogP contribution in [-0.4, -0.2) is 32.6 Å². The van der Waals surface area contributed by atoms with Crippen LogP contribution in [0.2, 0.25) is 0 Å². The molecule has 0 aliphatic heterocycles. The van der Waals surface area contributed by atoms with Crippen LogP contribution in [0.1, 0.15) is 0 Å². The van der Waals surface area contributed by atoms with Crippen LogP contribution in [0.4, 0.5) is 11.4 Å². The number of para-hydroxylation sites is 1. The Balaban J connectivity index is 1.43. The van der Waals surface area contributed by atoms with Crippen molar-refractivity contribution in [3.05, 3.63) is 78.9 Å². The maximum Gasteiger partial charge on any atom is 0.262 e. The van der Waals surface area contributed by atoms with Gasteiger partial charge in [-0.25, -0.2) is 13.6 Å². The molecule has 0 saturated carbocycles. The summed E-state index contributed by atoms with van der Waals surface area (Å²) in [6.07, 6.45) is 0. The minimum absolute atomic E-state index is 0.0244. The molecular weight excluding hydrogens is 450 g/mol. The van der Waals surface area contributed by atoms with Crippen LogP contribution >= 0.6 is 11.8 Å². The summed E-state index contributed by atoms with van der Waals surface area (Å²) >= 11 is 1.32. The van der Waals surface area contributed by atoms with Crippen LogP contribution in [0.25, 0.3) is 0 Å². The van der Waals surface area contributed by atoms with E-state index in [2.05, 4.69) is 10.6 Å². The molecule has 0 unspecified atom stereocenters. The Bertz CT molecular complexity index is 1170. The standard InChI is InChI=1S/C22H21N3O5S2/c23-32(28,29)20-12-8-17(9-13-20)25-22(27)15-31-19-10-6-16(7-11-19)24-21(26)14-30-18-4-2-1-3-5-18/h1-13H,14-15H2,(H,24,26)(H,25,27)(H2,23,28,29). The zero-order valence-corrected chi connectivity index (χ0v) is 18.5. The van der Waals surface area contributed by atoms with Crippen molar-refractivity contribution in [3.8, 4) is 5.75 Å². The molecule has 10 heteroatoms. The number of amides is 2. The van der Waals surface area contributed by atoms with Gasteiger partial charge in [0.25, 0.3) is 5.91 Å². The monoisotopic (exact) mass is 471 g/mol. The third kappa shape index (κ3) is 7.41. The van der Waals surface area contributed by atoms with E-state index in [1.54, 1.807) is 36.4 Å². The molecule has 32 heavy (non-hydrogen) atoms. The zero-order valence-electron chi connectivity index (χ0n) is 16.9. The maximum absolute atomic E-state index is 12.1. The van der Waals surface area contributed by atoms with Gasteiger partial charge in [0, 0.05) is 16.3 Å². The van der Waals surface area contributed by atoms with Gasteiger partial charge in [-0.15, -0.1) is 11.8 Å². The molecule has 3 rings (SSSR count). The second kappa shape index (κ2) is 10.8. The maximum atomic E-state index is 12.1. The van der Waals surface area contributed by atoms with E-state index in [-0.39, 0.29) is 29.1 Å². The summed E-state index contributed by atoms with van der Waals surface area (Å²) in [4.78, 5) is 24.9. The second-order valence-electron chi connectivity index (χ2n) is 6.58. The molecule has 0 aromatic heterocycles.